The smallest absolute Gasteiger partial charge is 0.237 e. The molecule has 1 heterocycles. The van der Waals surface area contributed by atoms with Crippen LogP contribution in [0.15, 0.2) is 24.3 Å². The topological polar surface area (TPSA) is 78.5 Å². The van der Waals surface area contributed by atoms with E-state index in [1.54, 1.807) is 12.1 Å². The molecule has 0 saturated carbocycles. The zero-order valence-electron chi connectivity index (χ0n) is 14.7. The van der Waals surface area contributed by atoms with Gasteiger partial charge in [-0.2, -0.15) is 0 Å². The highest BCUT2D eigenvalue weighted by Crippen LogP contribution is 2.14. The molecule has 1 unspecified atom stereocenters. The maximum absolute atomic E-state index is 12.9. The Morgan fingerprint density at radius 1 is 1.28 bits per heavy atom. The molecule has 140 valence electrons. The van der Waals surface area contributed by atoms with Crippen molar-refractivity contribution in [2.45, 2.75) is 38.3 Å². The summed E-state index contributed by atoms with van der Waals surface area (Å²) in [6.45, 7) is 3.72. The number of halogens is 1. The number of nitrogens with zero attached hydrogens (tertiary/aromatic N) is 1. The Bertz CT molecular complexity index is 671. The van der Waals surface area contributed by atoms with Gasteiger partial charge in [0, 0.05) is 25.7 Å². The molecule has 0 radical (unpaired) electrons. The highest BCUT2D eigenvalue weighted by atomic mass is 32.2. The highest BCUT2D eigenvalue weighted by Gasteiger charge is 2.27. The summed E-state index contributed by atoms with van der Waals surface area (Å²) in [5.41, 5.74) is 0.974. The molecule has 0 spiro atoms. The fourth-order valence-corrected chi connectivity index (χ4v) is 3.84. The SMILES string of the molecule is CC(C(=O)NCCc1ccc(F)cc1)N1CCC(NS(C)(=O)=O)CC1. The van der Waals surface area contributed by atoms with Gasteiger partial charge in [-0.15, -0.1) is 0 Å². The van der Waals surface area contributed by atoms with Gasteiger partial charge in [0.25, 0.3) is 0 Å². The van der Waals surface area contributed by atoms with E-state index in [0.717, 1.165) is 11.8 Å². The molecule has 25 heavy (non-hydrogen) atoms. The van der Waals surface area contributed by atoms with Crippen LogP contribution in [0.1, 0.15) is 25.3 Å². The molecule has 0 bridgehead atoms. The molecule has 1 saturated heterocycles. The fraction of sp³-hybridized carbons (Fsp3) is 0.588. The minimum atomic E-state index is -3.19. The molecule has 2 rings (SSSR count). The Labute approximate surface area is 148 Å². The third kappa shape index (κ3) is 6.72. The monoisotopic (exact) mass is 371 g/mol. The lowest BCUT2D eigenvalue weighted by Crippen LogP contribution is -2.51. The molecule has 1 aromatic rings. The zero-order valence-corrected chi connectivity index (χ0v) is 15.5. The Kier molecular flexibility index (Phi) is 6.92. The van der Waals surface area contributed by atoms with Crippen LogP contribution in [0.3, 0.4) is 0 Å². The van der Waals surface area contributed by atoms with Gasteiger partial charge in [-0.05, 0) is 43.9 Å². The van der Waals surface area contributed by atoms with E-state index >= 15 is 0 Å². The number of hydrogen-bond acceptors (Lipinski definition) is 4. The van der Waals surface area contributed by atoms with Gasteiger partial charge in [0.2, 0.25) is 15.9 Å². The molecule has 6 nitrogen and oxygen atoms in total. The summed E-state index contributed by atoms with van der Waals surface area (Å²) < 4.78 is 38.0. The number of likely N-dealkylation sites (tertiary alicyclic amines) is 1. The summed E-state index contributed by atoms with van der Waals surface area (Å²) in [6.07, 6.45) is 3.20. The lowest BCUT2D eigenvalue weighted by atomic mass is 10.0. The van der Waals surface area contributed by atoms with Gasteiger partial charge in [-0.25, -0.2) is 17.5 Å². The largest absolute Gasteiger partial charge is 0.354 e. The van der Waals surface area contributed by atoms with Crippen LogP contribution in [0.5, 0.6) is 0 Å². The van der Waals surface area contributed by atoms with E-state index in [0.29, 0.717) is 38.9 Å². The number of sulfonamides is 1. The van der Waals surface area contributed by atoms with Gasteiger partial charge in [0.05, 0.1) is 12.3 Å². The number of rotatable bonds is 7. The summed E-state index contributed by atoms with van der Waals surface area (Å²) in [5.74, 6) is -0.313. The summed E-state index contributed by atoms with van der Waals surface area (Å²) in [6, 6.07) is 5.94. The van der Waals surface area contributed by atoms with Gasteiger partial charge in [0.15, 0.2) is 0 Å². The number of carbonyl (C=O) groups excluding carboxylic acids is 1. The van der Waals surface area contributed by atoms with Crippen molar-refractivity contribution >= 4 is 15.9 Å². The van der Waals surface area contributed by atoms with E-state index in [9.17, 15) is 17.6 Å². The van der Waals surface area contributed by atoms with Gasteiger partial charge >= 0.3 is 0 Å². The van der Waals surface area contributed by atoms with E-state index in [1.165, 1.54) is 12.1 Å². The Morgan fingerprint density at radius 2 is 1.88 bits per heavy atom. The second-order valence-corrected chi connectivity index (χ2v) is 8.32. The van der Waals surface area contributed by atoms with Crippen molar-refractivity contribution in [2.24, 2.45) is 0 Å². The van der Waals surface area contributed by atoms with Crippen LogP contribution >= 0.6 is 0 Å². The number of benzene rings is 1. The number of hydrogen-bond donors (Lipinski definition) is 2. The standard InChI is InChI=1S/C17H26FN3O3S/c1-13(21-11-8-16(9-12-21)20-25(2,23)24)17(22)19-10-7-14-3-5-15(18)6-4-14/h3-6,13,16,20H,7-12H2,1-2H3,(H,19,22). The Hall–Kier alpha value is -1.51. The second kappa shape index (κ2) is 8.73. The van der Waals surface area contributed by atoms with Crippen molar-refractivity contribution in [3.8, 4) is 0 Å². The van der Waals surface area contributed by atoms with E-state index in [2.05, 4.69) is 14.9 Å². The van der Waals surface area contributed by atoms with Crippen LogP contribution in [0.2, 0.25) is 0 Å². The van der Waals surface area contributed by atoms with E-state index in [-0.39, 0.29) is 23.8 Å². The predicted octanol–water partition coefficient (Wildman–Crippen LogP) is 0.886. The maximum Gasteiger partial charge on any atom is 0.237 e. The molecule has 0 aliphatic carbocycles. The Morgan fingerprint density at radius 3 is 2.44 bits per heavy atom. The van der Waals surface area contributed by atoms with Crippen LogP contribution in [0.4, 0.5) is 4.39 Å². The van der Waals surface area contributed by atoms with Gasteiger partial charge < -0.3 is 5.32 Å². The van der Waals surface area contributed by atoms with Crippen molar-refractivity contribution in [2.75, 3.05) is 25.9 Å². The Balaban J connectivity index is 1.72. The molecule has 1 aromatic carbocycles. The highest BCUT2D eigenvalue weighted by molar-refractivity contribution is 7.88. The normalized spacial score (nSPS) is 18.0. The number of piperidine rings is 1. The lowest BCUT2D eigenvalue weighted by Gasteiger charge is -2.35. The molecule has 1 aliphatic rings. The minimum Gasteiger partial charge on any atom is -0.354 e. The second-order valence-electron chi connectivity index (χ2n) is 6.54. The maximum atomic E-state index is 12.9. The van der Waals surface area contributed by atoms with E-state index < -0.39 is 10.0 Å². The first-order chi connectivity index (χ1) is 11.7. The predicted molar refractivity (Wildman–Crippen MR) is 95.2 cm³/mol. The number of amides is 1. The molecule has 0 aromatic heterocycles. The average molecular weight is 371 g/mol. The molecular formula is C17H26FN3O3S. The molecule has 1 fully saturated rings. The molecule has 1 aliphatic heterocycles. The van der Waals surface area contributed by atoms with E-state index in [1.807, 2.05) is 6.92 Å². The summed E-state index contributed by atoms with van der Waals surface area (Å²) >= 11 is 0. The van der Waals surface area contributed by atoms with Crippen molar-refractivity contribution < 1.29 is 17.6 Å². The number of nitrogens with one attached hydrogen (secondary N) is 2. The quantitative estimate of drug-likeness (QED) is 0.746. The minimum absolute atomic E-state index is 0.0448. The third-order valence-corrected chi connectivity index (χ3v) is 5.23. The van der Waals surface area contributed by atoms with E-state index in [4.69, 9.17) is 0 Å². The van der Waals surface area contributed by atoms with Crippen molar-refractivity contribution in [3.05, 3.63) is 35.6 Å². The van der Waals surface area contributed by atoms with Crippen LogP contribution < -0.4 is 10.0 Å². The molecule has 1 amide bonds. The third-order valence-electron chi connectivity index (χ3n) is 4.46. The molecule has 1 atom stereocenters. The fourth-order valence-electron chi connectivity index (χ4n) is 3.00. The van der Waals surface area contributed by atoms with Crippen LogP contribution in [0.25, 0.3) is 0 Å². The van der Waals surface area contributed by atoms with Crippen molar-refractivity contribution in [3.63, 3.8) is 0 Å². The van der Waals surface area contributed by atoms with Gasteiger partial charge in [-0.1, -0.05) is 12.1 Å². The number of carbonyl (C=O) groups is 1. The zero-order chi connectivity index (χ0) is 18.4. The summed E-state index contributed by atoms with van der Waals surface area (Å²) in [4.78, 5) is 14.3. The first kappa shape index (κ1) is 19.8. The van der Waals surface area contributed by atoms with Gasteiger partial charge in [-0.3, -0.25) is 9.69 Å². The van der Waals surface area contributed by atoms with Crippen molar-refractivity contribution in [1.82, 2.24) is 14.9 Å². The summed E-state index contributed by atoms with van der Waals surface area (Å²) in [5, 5.41) is 2.91. The summed E-state index contributed by atoms with van der Waals surface area (Å²) in [7, 11) is -3.19. The van der Waals surface area contributed by atoms with Crippen LogP contribution in [-0.2, 0) is 21.2 Å². The molecular weight excluding hydrogens is 345 g/mol. The average Bonchev–Trinajstić information content (AvgIpc) is 2.55. The lowest BCUT2D eigenvalue weighted by molar-refractivity contribution is -0.126. The van der Waals surface area contributed by atoms with Crippen LogP contribution in [-0.4, -0.2) is 57.2 Å². The molecule has 2 N–H and O–H groups in total. The van der Waals surface area contributed by atoms with Crippen molar-refractivity contribution in [1.29, 1.82) is 0 Å². The van der Waals surface area contributed by atoms with Crippen LogP contribution in [0, 0.1) is 5.82 Å². The molecule has 8 heteroatoms. The van der Waals surface area contributed by atoms with Gasteiger partial charge in [0.1, 0.15) is 5.82 Å². The first-order valence-corrected chi connectivity index (χ1v) is 10.4. The first-order valence-electron chi connectivity index (χ1n) is 8.48.